The minimum absolute atomic E-state index is 0.0623. The summed E-state index contributed by atoms with van der Waals surface area (Å²) in [5, 5.41) is 20.7. The summed E-state index contributed by atoms with van der Waals surface area (Å²) in [5.74, 6) is -1.60. The first-order chi connectivity index (χ1) is 59.2. The molecule has 0 rings (SSSR count). The summed E-state index contributed by atoms with van der Waals surface area (Å²) in [5.41, 5.74) is 0. The van der Waals surface area contributed by atoms with Crippen LogP contribution in [-0.2, 0) is 55.8 Å². The number of ether oxygens (including phenoxy) is 3. The van der Waals surface area contributed by atoms with Crippen LogP contribution < -0.4 is 0 Å². The molecule has 4 N–H and O–H groups in total. The number of phosphoric acid groups is 2. The topological polar surface area (TPSA) is 231 Å². The van der Waals surface area contributed by atoms with E-state index in [1.54, 1.807) is 0 Å². The predicted molar refractivity (Wildman–Crippen MR) is 509 cm³/mol. The lowest BCUT2D eigenvalue weighted by atomic mass is 10.0. The molecule has 0 bridgehead atoms. The number of aliphatic hydroxyl groups is 2. The van der Waals surface area contributed by atoms with Crippen molar-refractivity contribution in [3.8, 4) is 0 Å². The molecule has 0 aromatic heterocycles. The second-order valence-corrected chi connectivity index (χ2v) is 34.6. The third-order valence-electron chi connectivity index (χ3n) is 20.1. The van der Waals surface area contributed by atoms with Gasteiger partial charge in [-0.15, -0.1) is 0 Å². The van der Waals surface area contributed by atoms with Gasteiger partial charge in [-0.25, -0.2) is 9.13 Å². The van der Waals surface area contributed by atoms with Crippen molar-refractivity contribution in [2.24, 2.45) is 0 Å². The van der Waals surface area contributed by atoms with Crippen molar-refractivity contribution in [3.05, 3.63) is 182 Å². The highest BCUT2D eigenvalue weighted by Gasteiger charge is 2.30. The summed E-state index contributed by atoms with van der Waals surface area (Å²) in [4.78, 5) is 59.0. The summed E-state index contributed by atoms with van der Waals surface area (Å²) >= 11 is 0. The largest absolute Gasteiger partial charge is 0.472 e. The molecule has 692 valence electrons. The fourth-order valence-electron chi connectivity index (χ4n) is 12.9. The summed E-state index contributed by atoms with van der Waals surface area (Å²) in [6.07, 6.45) is 124. The molecule has 0 heterocycles. The number of esters is 3. The van der Waals surface area contributed by atoms with E-state index in [0.717, 1.165) is 154 Å². The zero-order valence-electron chi connectivity index (χ0n) is 76.4. The summed E-state index contributed by atoms with van der Waals surface area (Å²) < 4.78 is 61.5. The first-order valence-corrected chi connectivity index (χ1v) is 51.1. The van der Waals surface area contributed by atoms with Gasteiger partial charge in [-0.05, 0) is 154 Å². The zero-order chi connectivity index (χ0) is 87.9. The maximum atomic E-state index is 13.1. The standard InChI is InChI=1S/C103H174O16P2/c1-4-7-10-13-16-19-22-25-28-31-34-36-38-40-42-44-46-48-50-52-54-56-58-60-63-65-68-71-74-77-80-83-86-89-101(106)113-92-98(104)93-115-120(109,110)116-94-99(105)95-117-121(111,112)118-97-100(119-103(108)91-88-85-82-79-76-73-70-67-62-33-30-27-24-21-18-15-12-9-6-3)96-114-102(107)90-87-84-81-78-75-72-69-66-64-61-59-57-55-53-51-49-47-45-43-41-39-37-35-32-29-26-23-20-17-14-11-8-5-2/h7-12,16-21,25-30,34-37,40-43,62,67,73,76,98-100,104-105H,4-6,13-15,22-24,31-33,38-39,44-61,63-66,68-72,74-75,77-97H2,1-3H3,(H,109,110)(H,111,112)/b10-7-,11-8-,12-9-,19-16-,20-17-,21-18-,28-25-,29-26-,30-27-,36-34-,37-35-,42-40-,43-41-,67-62-,76-73-. The molecule has 0 aromatic carbocycles. The molecule has 5 unspecified atom stereocenters. The monoisotopic (exact) mass is 1730 g/mol. The molecule has 18 heteroatoms. The summed E-state index contributed by atoms with van der Waals surface area (Å²) in [6, 6.07) is 0. The Bertz CT molecular complexity index is 2930. The number of aliphatic hydroxyl groups excluding tert-OH is 2. The number of rotatable bonds is 90. The fourth-order valence-corrected chi connectivity index (χ4v) is 14.5. The van der Waals surface area contributed by atoms with Gasteiger partial charge in [-0.2, -0.15) is 0 Å². The van der Waals surface area contributed by atoms with Crippen LogP contribution in [0.2, 0.25) is 0 Å². The molecule has 0 aliphatic carbocycles. The number of hydrogen-bond donors (Lipinski definition) is 4. The quantitative estimate of drug-likeness (QED) is 0.0146. The molecule has 0 spiro atoms. The molecule has 0 aromatic rings. The second-order valence-electron chi connectivity index (χ2n) is 31.7. The number of hydrogen-bond acceptors (Lipinski definition) is 14. The van der Waals surface area contributed by atoms with Gasteiger partial charge in [0.15, 0.2) is 6.10 Å². The predicted octanol–water partition coefficient (Wildman–Crippen LogP) is 30.0. The van der Waals surface area contributed by atoms with Crippen LogP contribution in [0, 0.1) is 0 Å². The van der Waals surface area contributed by atoms with Gasteiger partial charge in [0.2, 0.25) is 0 Å². The van der Waals surface area contributed by atoms with E-state index in [9.17, 15) is 43.5 Å². The molecule has 5 atom stereocenters. The normalized spacial score (nSPS) is 14.5. The van der Waals surface area contributed by atoms with Crippen LogP contribution in [0.3, 0.4) is 0 Å². The van der Waals surface area contributed by atoms with Crippen molar-refractivity contribution >= 4 is 33.6 Å². The average molecular weight is 1730 g/mol. The Labute approximate surface area is 738 Å². The van der Waals surface area contributed by atoms with Gasteiger partial charge in [-0.3, -0.25) is 32.5 Å². The van der Waals surface area contributed by atoms with Gasteiger partial charge < -0.3 is 34.2 Å². The zero-order valence-corrected chi connectivity index (χ0v) is 78.2. The maximum Gasteiger partial charge on any atom is 0.472 e. The highest BCUT2D eigenvalue weighted by atomic mass is 31.2. The smallest absolute Gasteiger partial charge is 0.463 e. The SMILES string of the molecule is CC/C=C\C/C=C\C/C=C\C/C=C\C/C=C\CCCCCCCCCCCCCCCCCCCC(=O)OCC(O)COP(=O)(O)OCC(O)COP(=O)(O)OCC(COC(=O)CCCCCCCCCCCCCCCCCCC/C=C\C/C=C\C/C=C\C/C=C\C/C=C\CC)OC(=O)CCCCC/C=C\C/C=C\C/C=C\C/C=C\C/C=C\CC. The van der Waals surface area contributed by atoms with Gasteiger partial charge in [-0.1, -0.05) is 402 Å². The van der Waals surface area contributed by atoms with Crippen molar-refractivity contribution in [1.82, 2.24) is 0 Å². The Hall–Kier alpha value is -5.35. The minimum atomic E-state index is -4.95. The van der Waals surface area contributed by atoms with Crippen LogP contribution >= 0.6 is 15.6 Å². The molecule has 0 saturated carbocycles. The average Bonchev–Trinajstić information content (AvgIpc) is 0.895. The van der Waals surface area contributed by atoms with Crippen LogP contribution in [0.5, 0.6) is 0 Å². The van der Waals surface area contributed by atoms with Crippen molar-refractivity contribution < 1.29 is 75.8 Å². The molecule has 121 heavy (non-hydrogen) atoms. The molecule has 0 radical (unpaired) electrons. The lowest BCUT2D eigenvalue weighted by molar-refractivity contribution is -0.161. The highest BCUT2D eigenvalue weighted by molar-refractivity contribution is 7.47. The van der Waals surface area contributed by atoms with Gasteiger partial charge in [0.1, 0.15) is 25.4 Å². The molecule has 16 nitrogen and oxygen atoms in total. The van der Waals surface area contributed by atoms with Crippen LogP contribution in [0.4, 0.5) is 0 Å². The summed E-state index contributed by atoms with van der Waals surface area (Å²) in [6.45, 7) is 2.35. The number of phosphoric ester groups is 2. The van der Waals surface area contributed by atoms with Crippen molar-refractivity contribution in [2.75, 3.05) is 39.6 Å². The van der Waals surface area contributed by atoms with Gasteiger partial charge in [0.05, 0.1) is 26.4 Å². The second kappa shape index (κ2) is 93.8. The summed E-state index contributed by atoms with van der Waals surface area (Å²) in [7, 11) is -9.82. The van der Waals surface area contributed by atoms with E-state index in [1.165, 1.54) is 180 Å². The molecule has 0 saturated heterocycles. The highest BCUT2D eigenvalue weighted by Crippen LogP contribution is 2.45. The van der Waals surface area contributed by atoms with E-state index in [4.69, 9.17) is 32.3 Å². The van der Waals surface area contributed by atoms with E-state index in [1.807, 2.05) is 0 Å². The Morgan fingerprint density at radius 3 is 0.661 bits per heavy atom. The van der Waals surface area contributed by atoms with Crippen LogP contribution in [-0.4, -0.2) is 95.9 Å². The van der Waals surface area contributed by atoms with Crippen LogP contribution in [0.25, 0.3) is 0 Å². The molecule has 0 fully saturated rings. The number of carbonyl (C=O) groups excluding carboxylic acids is 3. The van der Waals surface area contributed by atoms with Gasteiger partial charge >= 0.3 is 33.6 Å². The first kappa shape index (κ1) is 116. The lowest BCUT2D eigenvalue weighted by Gasteiger charge is -2.21. The molecular formula is C103H174O16P2. The Morgan fingerprint density at radius 2 is 0.413 bits per heavy atom. The Morgan fingerprint density at radius 1 is 0.231 bits per heavy atom. The van der Waals surface area contributed by atoms with Crippen molar-refractivity contribution in [2.45, 2.75) is 411 Å². The van der Waals surface area contributed by atoms with E-state index < -0.39 is 91.5 Å². The molecule has 0 aliphatic heterocycles. The van der Waals surface area contributed by atoms with Gasteiger partial charge in [0, 0.05) is 19.3 Å². The number of unbranched alkanes of at least 4 members (excludes halogenated alkanes) is 37. The van der Waals surface area contributed by atoms with Crippen molar-refractivity contribution in [1.29, 1.82) is 0 Å². The van der Waals surface area contributed by atoms with Gasteiger partial charge in [0.25, 0.3) is 0 Å². The first-order valence-electron chi connectivity index (χ1n) is 48.1. The van der Waals surface area contributed by atoms with Crippen LogP contribution in [0.15, 0.2) is 182 Å². The van der Waals surface area contributed by atoms with Crippen LogP contribution in [0.1, 0.15) is 393 Å². The third kappa shape index (κ3) is 95.2. The fraction of sp³-hybridized carbons (Fsp3) is 0.680. The molecule has 0 aliphatic rings. The third-order valence-corrected chi connectivity index (χ3v) is 22.0. The Balaban J connectivity index is 4.53. The molecular weight excluding hydrogens is 1560 g/mol. The minimum Gasteiger partial charge on any atom is -0.463 e. The van der Waals surface area contributed by atoms with E-state index >= 15 is 0 Å². The van der Waals surface area contributed by atoms with E-state index in [-0.39, 0.29) is 19.3 Å². The number of carbonyl (C=O) groups is 3. The van der Waals surface area contributed by atoms with Crippen molar-refractivity contribution in [3.63, 3.8) is 0 Å². The maximum absolute atomic E-state index is 13.1. The Kier molecular flexibility index (Phi) is 89.6. The van der Waals surface area contributed by atoms with E-state index in [0.29, 0.717) is 19.3 Å². The lowest BCUT2D eigenvalue weighted by Crippen LogP contribution is -2.30. The molecule has 0 amide bonds. The van der Waals surface area contributed by atoms with E-state index in [2.05, 4.69) is 203 Å². The number of allylic oxidation sites excluding steroid dienone is 30.